The first kappa shape index (κ1) is 13.8. The highest BCUT2D eigenvalue weighted by molar-refractivity contribution is 6.31. The molecule has 100 valence electrons. The largest absolute Gasteiger partial charge is 0.380 e. The van der Waals surface area contributed by atoms with E-state index in [2.05, 4.69) is 4.90 Å². The van der Waals surface area contributed by atoms with Crippen LogP contribution in [0.25, 0.3) is 0 Å². The second-order valence-electron chi connectivity index (χ2n) is 4.86. The Balaban J connectivity index is 1.82. The molecule has 2 rings (SSSR count). The summed E-state index contributed by atoms with van der Waals surface area (Å²) in [7, 11) is 1.78. The Bertz CT molecular complexity index is 386. The van der Waals surface area contributed by atoms with E-state index in [1.54, 1.807) is 7.11 Å². The Morgan fingerprint density at radius 1 is 1.50 bits per heavy atom. The average molecular weight is 269 g/mol. The topological polar surface area (TPSA) is 38.5 Å². The third-order valence-electron chi connectivity index (χ3n) is 3.62. The van der Waals surface area contributed by atoms with Crippen molar-refractivity contribution < 1.29 is 4.74 Å². The van der Waals surface area contributed by atoms with Gasteiger partial charge in [0.15, 0.2) is 0 Å². The average Bonchev–Trinajstić information content (AvgIpc) is 2.84. The molecule has 0 saturated carbocycles. The Labute approximate surface area is 114 Å². The molecule has 3 nitrogen and oxygen atoms in total. The van der Waals surface area contributed by atoms with Gasteiger partial charge in [0.05, 0.1) is 6.10 Å². The lowest BCUT2D eigenvalue weighted by atomic mass is 10.0. The van der Waals surface area contributed by atoms with Crippen molar-refractivity contribution in [2.75, 3.05) is 26.7 Å². The van der Waals surface area contributed by atoms with Crippen LogP contribution in [-0.4, -0.2) is 37.7 Å². The molecule has 1 aliphatic rings. The standard InChI is InChI=1S/C14H21ClN2O/c1-18-11-6-8-17(10-11)9-7-14(16)12-4-2-3-5-13(12)15/h2-5,11,14H,6-10,16H2,1H3. The van der Waals surface area contributed by atoms with Crippen molar-refractivity contribution in [2.24, 2.45) is 5.73 Å². The molecule has 1 aliphatic heterocycles. The number of likely N-dealkylation sites (tertiary alicyclic amines) is 1. The minimum absolute atomic E-state index is 0.0142. The van der Waals surface area contributed by atoms with Crippen LogP contribution in [0.2, 0.25) is 5.02 Å². The minimum Gasteiger partial charge on any atom is -0.380 e. The fraction of sp³-hybridized carbons (Fsp3) is 0.571. The molecule has 0 radical (unpaired) electrons. The van der Waals surface area contributed by atoms with Gasteiger partial charge in [-0.05, 0) is 24.5 Å². The van der Waals surface area contributed by atoms with Crippen LogP contribution in [0.3, 0.4) is 0 Å². The number of ether oxygens (including phenoxy) is 1. The number of nitrogens with zero attached hydrogens (tertiary/aromatic N) is 1. The predicted molar refractivity (Wildman–Crippen MR) is 74.9 cm³/mol. The van der Waals surface area contributed by atoms with Crippen molar-refractivity contribution in [3.8, 4) is 0 Å². The van der Waals surface area contributed by atoms with Crippen molar-refractivity contribution >= 4 is 11.6 Å². The highest BCUT2D eigenvalue weighted by Crippen LogP contribution is 2.24. The van der Waals surface area contributed by atoms with Gasteiger partial charge in [-0.15, -0.1) is 0 Å². The second kappa shape index (κ2) is 6.53. The zero-order chi connectivity index (χ0) is 13.0. The molecule has 1 aromatic rings. The molecule has 1 fully saturated rings. The van der Waals surface area contributed by atoms with Crippen LogP contribution in [0.1, 0.15) is 24.4 Å². The van der Waals surface area contributed by atoms with Gasteiger partial charge in [0.1, 0.15) is 0 Å². The fourth-order valence-electron chi connectivity index (χ4n) is 2.45. The van der Waals surface area contributed by atoms with Gasteiger partial charge >= 0.3 is 0 Å². The first-order chi connectivity index (χ1) is 8.70. The fourth-order valence-corrected chi connectivity index (χ4v) is 2.72. The van der Waals surface area contributed by atoms with Crippen molar-refractivity contribution in [1.82, 2.24) is 4.90 Å². The predicted octanol–water partition coefficient (Wildman–Crippen LogP) is 2.45. The van der Waals surface area contributed by atoms with Crippen molar-refractivity contribution in [3.05, 3.63) is 34.9 Å². The van der Waals surface area contributed by atoms with Crippen molar-refractivity contribution in [1.29, 1.82) is 0 Å². The maximum absolute atomic E-state index is 6.20. The lowest BCUT2D eigenvalue weighted by molar-refractivity contribution is 0.108. The normalized spacial score (nSPS) is 22.3. The monoisotopic (exact) mass is 268 g/mol. The van der Waals surface area contributed by atoms with Crippen LogP contribution in [0.15, 0.2) is 24.3 Å². The van der Waals surface area contributed by atoms with Crippen LogP contribution >= 0.6 is 11.6 Å². The summed E-state index contributed by atoms with van der Waals surface area (Å²) in [4.78, 5) is 2.41. The van der Waals surface area contributed by atoms with Gasteiger partial charge in [-0.1, -0.05) is 29.8 Å². The van der Waals surface area contributed by atoms with Gasteiger partial charge in [-0.3, -0.25) is 0 Å². The molecule has 0 spiro atoms. The maximum Gasteiger partial charge on any atom is 0.0710 e. The molecular weight excluding hydrogens is 248 g/mol. The van der Waals surface area contributed by atoms with E-state index in [9.17, 15) is 0 Å². The number of methoxy groups -OCH3 is 1. The van der Waals surface area contributed by atoms with Crippen LogP contribution in [0, 0.1) is 0 Å². The molecule has 2 atom stereocenters. The van der Waals surface area contributed by atoms with E-state index in [1.807, 2.05) is 24.3 Å². The molecule has 2 N–H and O–H groups in total. The molecule has 4 heteroatoms. The van der Waals surface area contributed by atoms with Gasteiger partial charge in [0, 0.05) is 37.8 Å². The smallest absolute Gasteiger partial charge is 0.0710 e. The van der Waals surface area contributed by atoms with E-state index in [1.165, 1.54) is 0 Å². The summed E-state index contributed by atoms with van der Waals surface area (Å²) in [5.41, 5.74) is 7.24. The molecular formula is C14H21ClN2O. The summed E-state index contributed by atoms with van der Waals surface area (Å²) in [6.07, 6.45) is 2.44. The van der Waals surface area contributed by atoms with Gasteiger partial charge < -0.3 is 15.4 Å². The lowest BCUT2D eigenvalue weighted by Crippen LogP contribution is -2.26. The van der Waals surface area contributed by atoms with Crippen molar-refractivity contribution in [3.63, 3.8) is 0 Å². The van der Waals surface area contributed by atoms with E-state index in [4.69, 9.17) is 22.1 Å². The van der Waals surface area contributed by atoms with E-state index in [0.29, 0.717) is 6.10 Å². The molecule has 0 aliphatic carbocycles. The molecule has 0 aromatic heterocycles. The molecule has 1 heterocycles. The number of nitrogens with two attached hydrogens (primary N) is 1. The minimum atomic E-state index is 0.0142. The van der Waals surface area contributed by atoms with Gasteiger partial charge in [0.25, 0.3) is 0 Å². The summed E-state index contributed by atoms with van der Waals surface area (Å²) < 4.78 is 5.36. The molecule has 1 saturated heterocycles. The summed E-state index contributed by atoms with van der Waals surface area (Å²) in [6, 6.07) is 7.84. The summed E-state index contributed by atoms with van der Waals surface area (Å²) in [6.45, 7) is 3.13. The first-order valence-corrected chi connectivity index (χ1v) is 6.83. The highest BCUT2D eigenvalue weighted by Gasteiger charge is 2.22. The number of halogens is 1. The number of hydrogen-bond donors (Lipinski definition) is 1. The van der Waals surface area contributed by atoms with Gasteiger partial charge in [0.2, 0.25) is 0 Å². The molecule has 1 aromatic carbocycles. The summed E-state index contributed by atoms with van der Waals surface area (Å²) in [5, 5.41) is 0.765. The maximum atomic E-state index is 6.20. The molecule has 0 amide bonds. The van der Waals surface area contributed by atoms with Crippen LogP contribution in [0.5, 0.6) is 0 Å². The third kappa shape index (κ3) is 3.45. The Morgan fingerprint density at radius 2 is 2.28 bits per heavy atom. The zero-order valence-corrected chi connectivity index (χ0v) is 11.6. The SMILES string of the molecule is COC1CCN(CCC(N)c2ccccc2Cl)C1. The third-order valence-corrected chi connectivity index (χ3v) is 3.97. The Kier molecular flexibility index (Phi) is 5.01. The summed E-state index contributed by atoms with van der Waals surface area (Å²) in [5.74, 6) is 0. The van der Waals surface area contributed by atoms with E-state index < -0.39 is 0 Å². The highest BCUT2D eigenvalue weighted by atomic mass is 35.5. The quantitative estimate of drug-likeness (QED) is 0.892. The van der Waals surface area contributed by atoms with Gasteiger partial charge in [-0.2, -0.15) is 0 Å². The van der Waals surface area contributed by atoms with Crippen LogP contribution < -0.4 is 5.73 Å². The van der Waals surface area contributed by atoms with E-state index in [-0.39, 0.29) is 6.04 Å². The molecule has 18 heavy (non-hydrogen) atoms. The van der Waals surface area contributed by atoms with Crippen LogP contribution in [-0.2, 0) is 4.74 Å². The van der Waals surface area contributed by atoms with E-state index >= 15 is 0 Å². The number of rotatable bonds is 5. The molecule has 0 bridgehead atoms. The number of hydrogen-bond acceptors (Lipinski definition) is 3. The zero-order valence-electron chi connectivity index (χ0n) is 10.8. The summed E-state index contributed by atoms with van der Waals surface area (Å²) >= 11 is 6.15. The second-order valence-corrected chi connectivity index (χ2v) is 5.27. The lowest BCUT2D eigenvalue weighted by Gasteiger charge is -2.19. The van der Waals surface area contributed by atoms with Crippen molar-refractivity contribution in [2.45, 2.75) is 25.0 Å². The van der Waals surface area contributed by atoms with E-state index in [0.717, 1.165) is 43.1 Å². The van der Waals surface area contributed by atoms with Crippen LogP contribution in [0.4, 0.5) is 0 Å². The Hall–Kier alpha value is -0.610. The first-order valence-electron chi connectivity index (χ1n) is 6.46. The number of benzene rings is 1. The van der Waals surface area contributed by atoms with Gasteiger partial charge in [-0.25, -0.2) is 0 Å². The Morgan fingerprint density at radius 3 is 2.94 bits per heavy atom. The molecule has 2 unspecified atom stereocenters.